The minimum atomic E-state index is -0.249. The van der Waals surface area contributed by atoms with Crippen molar-refractivity contribution in [3.8, 4) is 0 Å². The van der Waals surface area contributed by atoms with E-state index in [0.717, 1.165) is 12.8 Å². The van der Waals surface area contributed by atoms with Crippen LogP contribution in [0.15, 0.2) is 30.3 Å². The quantitative estimate of drug-likeness (QED) is 0.930. The molecule has 2 amide bonds. The average Bonchev–Trinajstić information content (AvgIpc) is 2.54. The summed E-state index contributed by atoms with van der Waals surface area (Å²) >= 11 is 0. The molecule has 0 atom stereocenters. The van der Waals surface area contributed by atoms with Crippen LogP contribution in [-0.4, -0.2) is 42.6 Å². The van der Waals surface area contributed by atoms with Gasteiger partial charge in [-0.15, -0.1) is 0 Å². The maximum atomic E-state index is 12.1. The SMILES string of the molecule is CC(C)COC(=O)N1CCC(NC(=O)c2ccccc2)CC1. The molecule has 1 heterocycles. The molecule has 1 N–H and O–H groups in total. The van der Waals surface area contributed by atoms with Gasteiger partial charge in [-0.3, -0.25) is 4.79 Å². The monoisotopic (exact) mass is 304 g/mol. The predicted octanol–water partition coefficient (Wildman–Crippen LogP) is 2.67. The van der Waals surface area contributed by atoms with Crippen LogP contribution in [0.25, 0.3) is 0 Å². The number of amides is 2. The lowest BCUT2D eigenvalue weighted by Crippen LogP contribution is -2.46. The lowest BCUT2D eigenvalue weighted by Gasteiger charge is -2.31. The average molecular weight is 304 g/mol. The fourth-order valence-corrected chi connectivity index (χ4v) is 2.39. The van der Waals surface area contributed by atoms with Gasteiger partial charge in [-0.05, 0) is 30.9 Å². The highest BCUT2D eigenvalue weighted by Gasteiger charge is 2.25. The zero-order valence-electron chi connectivity index (χ0n) is 13.2. The van der Waals surface area contributed by atoms with E-state index in [-0.39, 0.29) is 18.0 Å². The van der Waals surface area contributed by atoms with Gasteiger partial charge in [0.1, 0.15) is 0 Å². The molecule has 1 fully saturated rings. The first-order valence-corrected chi connectivity index (χ1v) is 7.84. The highest BCUT2D eigenvalue weighted by atomic mass is 16.6. The third kappa shape index (κ3) is 4.76. The fourth-order valence-electron chi connectivity index (χ4n) is 2.39. The van der Waals surface area contributed by atoms with Crippen molar-refractivity contribution in [2.45, 2.75) is 32.7 Å². The summed E-state index contributed by atoms with van der Waals surface area (Å²) in [6.45, 7) is 5.72. The maximum Gasteiger partial charge on any atom is 0.409 e. The third-order valence-electron chi connectivity index (χ3n) is 3.66. The molecule has 1 aromatic carbocycles. The molecule has 22 heavy (non-hydrogen) atoms. The molecule has 0 aliphatic carbocycles. The molecular formula is C17H24N2O3. The standard InChI is InChI=1S/C17H24N2O3/c1-13(2)12-22-17(21)19-10-8-15(9-11-19)18-16(20)14-6-4-3-5-7-14/h3-7,13,15H,8-12H2,1-2H3,(H,18,20). The Balaban J connectivity index is 1.75. The third-order valence-corrected chi connectivity index (χ3v) is 3.66. The van der Waals surface area contributed by atoms with Gasteiger partial charge in [0.05, 0.1) is 6.61 Å². The Kier molecular flexibility index (Phi) is 5.81. The summed E-state index contributed by atoms with van der Waals surface area (Å²) in [5.74, 6) is 0.285. The van der Waals surface area contributed by atoms with Crippen LogP contribution in [0.2, 0.25) is 0 Å². The molecule has 0 aromatic heterocycles. The van der Waals surface area contributed by atoms with E-state index < -0.39 is 0 Å². The fraction of sp³-hybridized carbons (Fsp3) is 0.529. The van der Waals surface area contributed by atoms with Gasteiger partial charge in [0.2, 0.25) is 0 Å². The Morgan fingerprint density at radius 1 is 1.23 bits per heavy atom. The van der Waals surface area contributed by atoms with E-state index >= 15 is 0 Å². The molecule has 5 heteroatoms. The van der Waals surface area contributed by atoms with Crippen molar-refractivity contribution in [2.24, 2.45) is 5.92 Å². The zero-order valence-corrected chi connectivity index (χ0v) is 13.2. The summed E-state index contributed by atoms with van der Waals surface area (Å²) in [6, 6.07) is 9.30. The van der Waals surface area contributed by atoms with E-state index in [9.17, 15) is 9.59 Å². The van der Waals surface area contributed by atoms with Gasteiger partial charge >= 0.3 is 6.09 Å². The van der Waals surface area contributed by atoms with E-state index in [1.807, 2.05) is 32.0 Å². The van der Waals surface area contributed by atoms with Crippen molar-refractivity contribution >= 4 is 12.0 Å². The molecule has 5 nitrogen and oxygen atoms in total. The second kappa shape index (κ2) is 7.82. The van der Waals surface area contributed by atoms with Crippen molar-refractivity contribution in [3.05, 3.63) is 35.9 Å². The Morgan fingerprint density at radius 2 is 1.86 bits per heavy atom. The van der Waals surface area contributed by atoms with E-state index in [0.29, 0.717) is 31.2 Å². The Morgan fingerprint density at radius 3 is 2.45 bits per heavy atom. The first-order valence-electron chi connectivity index (χ1n) is 7.84. The number of hydrogen-bond donors (Lipinski definition) is 1. The number of likely N-dealkylation sites (tertiary alicyclic amines) is 1. The second-order valence-corrected chi connectivity index (χ2v) is 6.07. The number of rotatable bonds is 4. The number of nitrogens with one attached hydrogen (secondary N) is 1. The molecule has 1 aliphatic rings. The highest BCUT2D eigenvalue weighted by molar-refractivity contribution is 5.94. The number of ether oxygens (including phenoxy) is 1. The minimum absolute atomic E-state index is 0.0542. The largest absolute Gasteiger partial charge is 0.449 e. The lowest BCUT2D eigenvalue weighted by atomic mass is 10.0. The lowest BCUT2D eigenvalue weighted by molar-refractivity contribution is 0.0785. The van der Waals surface area contributed by atoms with Gasteiger partial charge in [-0.2, -0.15) is 0 Å². The predicted molar refractivity (Wildman–Crippen MR) is 84.7 cm³/mol. The first kappa shape index (κ1) is 16.3. The normalized spacial score (nSPS) is 15.7. The molecule has 0 spiro atoms. The summed E-state index contributed by atoms with van der Waals surface area (Å²) in [4.78, 5) is 25.7. The van der Waals surface area contributed by atoms with Gasteiger partial charge in [0.25, 0.3) is 5.91 Å². The van der Waals surface area contributed by atoms with Gasteiger partial charge < -0.3 is 15.0 Å². The zero-order chi connectivity index (χ0) is 15.9. The van der Waals surface area contributed by atoms with E-state index in [1.54, 1.807) is 17.0 Å². The van der Waals surface area contributed by atoms with Gasteiger partial charge in [-0.1, -0.05) is 32.0 Å². The van der Waals surface area contributed by atoms with E-state index in [4.69, 9.17) is 4.74 Å². The van der Waals surface area contributed by atoms with Gasteiger partial charge in [-0.25, -0.2) is 4.79 Å². The first-order chi connectivity index (χ1) is 10.6. The Labute approximate surface area is 131 Å². The maximum absolute atomic E-state index is 12.1. The molecule has 2 rings (SSSR count). The van der Waals surface area contributed by atoms with Crippen LogP contribution in [0.1, 0.15) is 37.0 Å². The van der Waals surface area contributed by atoms with Crippen molar-refractivity contribution in [1.29, 1.82) is 0 Å². The van der Waals surface area contributed by atoms with Crippen LogP contribution in [0.3, 0.4) is 0 Å². The second-order valence-electron chi connectivity index (χ2n) is 6.07. The molecule has 0 radical (unpaired) electrons. The number of nitrogens with zero attached hydrogens (tertiary/aromatic N) is 1. The minimum Gasteiger partial charge on any atom is -0.449 e. The molecule has 1 saturated heterocycles. The van der Waals surface area contributed by atoms with Crippen LogP contribution in [-0.2, 0) is 4.74 Å². The molecule has 0 saturated carbocycles. The van der Waals surface area contributed by atoms with Crippen molar-refractivity contribution in [1.82, 2.24) is 10.2 Å². The summed E-state index contributed by atoms with van der Waals surface area (Å²) in [6.07, 6.45) is 1.27. The van der Waals surface area contributed by atoms with Crippen LogP contribution >= 0.6 is 0 Å². The van der Waals surface area contributed by atoms with Crippen molar-refractivity contribution in [2.75, 3.05) is 19.7 Å². The highest BCUT2D eigenvalue weighted by Crippen LogP contribution is 2.13. The summed E-state index contributed by atoms with van der Waals surface area (Å²) in [7, 11) is 0. The topological polar surface area (TPSA) is 58.6 Å². The van der Waals surface area contributed by atoms with Crippen LogP contribution in [0, 0.1) is 5.92 Å². The molecule has 120 valence electrons. The number of benzene rings is 1. The number of hydrogen-bond acceptors (Lipinski definition) is 3. The molecular weight excluding hydrogens is 280 g/mol. The van der Waals surface area contributed by atoms with Crippen molar-refractivity contribution < 1.29 is 14.3 Å². The number of carbonyl (C=O) groups excluding carboxylic acids is 2. The smallest absolute Gasteiger partial charge is 0.409 e. The Bertz CT molecular complexity index is 494. The number of carbonyl (C=O) groups is 2. The molecule has 1 aliphatic heterocycles. The van der Waals surface area contributed by atoms with Gasteiger partial charge in [0.15, 0.2) is 0 Å². The Hall–Kier alpha value is -2.04. The van der Waals surface area contributed by atoms with E-state index in [1.165, 1.54) is 0 Å². The molecule has 0 unspecified atom stereocenters. The summed E-state index contributed by atoms with van der Waals surface area (Å²) in [5, 5.41) is 3.03. The van der Waals surface area contributed by atoms with Crippen molar-refractivity contribution in [3.63, 3.8) is 0 Å². The van der Waals surface area contributed by atoms with Gasteiger partial charge in [0, 0.05) is 24.7 Å². The van der Waals surface area contributed by atoms with E-state index in [2.05, 4.69) is 5.32 Å². The van der Waals surface area contributed by atoms with Crippen LogP contribution < -0.4 is 5.32 Å². The summed E-state index contributed by atoms with van der Waals surface area (Å²) < 4.78 is 5.23. The summed E-state index contributed by atoms with van der Waals surface area (Å²) in [5.41, 5.74) is 0.668. The molecule has 1 aromatic rings. The molecule has 0 bridgehead atoms. The van der Waals surface area contributed by atoms with Crippen LogP contribution in [0.5, 0.6) is 0 Å². The van der Waals surface area contributed by atoms with Crippen LogP contribution in [0.4, 0.5) is 4.79 Å². The number of piperidine rings is 1.